The predicted molar refractivity (Wildman–Crippen MR) is 63.7 cm³/mol. The van der Waals surface area contributed by atoms with Crippen LogP contribution in [-0.2, 0) is 9.53 Å². The van der Waals surface area contributed by atoms with Gasteiger partial charge < -0.3 is 4.74 Å². The predicted octanol–water partition coefficient (Wildman–Crippen LogP) is 3.01. The van der Waals surface area contributed by atoms with E-state index in [0.717, 1.165) is 0 Å². The highest BCUT2D eigenvalue weighted by atomic mass is 35.5. The number of ether oxygens (including phenoxy) is 1. The zero-order valence-corrected chi connectivity index (χ0v) is 10.6. The highest BCUT2D eigenvalue weighted by molar-refractivity contribution is 7.17. The minimum absolute atomic E-state index is 0.130. The summed E-state index contributed by atoms with van der Waals surface area (Å²) >= 11 is 7.15. The van der Waals surface area contributed by atoms with Gasteiger partial charge in [0.05, 0.1) is 5.02 Å². The first-order valence-corrected chi connectivity index (χ1v) is 6.11. The molecule has 2 N–H and O–H groups in total. The quantitative estimate of drug-likeness (QED) is 0.684. The van der Waals surface area contributed by atoms with E-state index in [2.05, 4.69) is 9.72 Å². The fourth-order valence-electron chi connectivity index (χ4n) is 1.31. The monoisotopic (exact) mass is 310 g/mol. The molecule has 0 aliphatic carbocycles. The number of nitrogens with zero attached hydrogens (tertiary/aromatic N) is 1. The average molecular weight is 311 g/mol. The Hall–Kier alpha value is -1.38. The first kappa shape index (κ1) is 14.0. The summed E-state index contributed by atoms with van der Waals surface area (Å²) in [6.07, 6.45) is -5.40. The smallest absolute Gasteiger partial charge is 0.436 e. The molecular formula is C10H6ClF3N2O2S. The second kappa shape index (κ2) is 4.95. The second-order valence-electron chi connectivity index (χ2n) is 3.53. The van der Waals surface area contributed by atoms with Crippen molar-refractivity contribution in [1.29, 1.82) is 0 Å². The van der Waals surface area contributed by atoms with Crippen LogP contribution < -0.4 is 5.73 Å². The lowest BCUT2D eigenvalue weighted by Gasteiger charge is -2.14. The van der Waals surface area contributed by atoms with Gasteiger partial charge >= 0.3 is 12.1 Å². The number of alkyl halides is 3. The summed E-state index contributed by atoms with van der Waals surface area (Å²) < 4.78 is 40.2. The minimum atomic E-state index is -5.09. The zero-order chi connectivity index (χ0) is 14.2. The van der Waals surface area contributed by atoms with Crippen molar-refractivity contribution in [3.05, 3.63) is 28.2 Å². The molecule has 1 unspecified atom stereocenters. The molecule has 0 bridgehead atoms. The van der Waals surface area contributed by atoms with Crippen LogP contribution in [0, 0.1) is 0 Å². The van der Waals surface area contributed by atoms with Crippen LogP contribution in [0.1, 0.15) is 11.8 Å². The molecule has 9 heteroatoms. The Morgan fingerprint density at radius 2 is 2.21 bits per heavy atom. The van der Waals surface area contributed by atoms with Gasteiger partial charge in [-0.2, -0.15) is 13.2 Å². The standard InChI is InChI=1S/C10H6ClF3N2O2S/c11-6-3-19-8-5(6)1-4(2-16-8)7(15)18-9(17)10(12,13)14/h1-3,7H,15H2. The Morgan fingerprint density at radius 3 is 2.84 bits per heavy atom. The van der Waals surface area contributed by atoms with Gasteiger partial charge in [0, 0.05) is 22.5 Å². The second-order valence-corrected chi connectivity index (χ2v) is 4.79. The third-order valence-electron chi connectivity index (χ3n) is 2.20. The van der Waals surface area contributed by atoms with Crippen LogP contribution in [0.2, 0.25) is 5.02 Å². The van der Waals surface area contributed by atoms with Gasteiger partial charge in [-0.05, 0) is 6.07 Å². The third-order valence-corrected chi connectivity index (χ3v) is 3.54. The van der Waals surface area contributed by atoms with Crippen molar-refractivity contribution in [2.45, 2.75) is 12.4 Å². The molecule has 102 valence electrons. The van der Waals surface area contributed by atoms with Crippen molar-refractivity contribution in [2.24, 2.45) is 5.73 Å². The topological polar surface area (TPSA) is 65.2 Å². The number of carbonyl (C=O) groups excluding carboxylic acids is 1. The molecule has 0 saturated heterocycles. The van der Waals surface area contributed by atoms with E-state index in [1.165, 1.54) is 23.6 Å². The molecule has 1 atom stereocenters. The van der Waals surface area contributed by atoms with E-state index in [0.29, 0.717) is 15.2 Å². The summed E-state index contributed by atoms with van der Waals surface area (Å²) in [5, 5.41) is 2.59. The Morgan fingerprint density at radius 1 is 1.53 bits per heavy atom. The number of hydrogen-bond acceptors (Lipinski definition) is 5. The van der Waals surface area contributed by atoms with Gasteiger partial charge in [-0.15, -0.1) is 11.3 Å². The lowest BCUT2D eigenvalue weighted by molar-refractivity contribution is -0.205. The van der Waals surface area contributed by atoms with Crippen LogP contribution in [0.4, 0.5) is 13.2 Å². The Balaban J connectivity index is 2.24. The number of halogens is 4. The molecule has 0 aliphatic rings. The Labute approximate surface area is 113 Å². The number of aromatic nitrogens is 1. The lowest BCUT2D eigenvalue weighted by atomic mass is 10.2. The number of pyridine rings is 1. The van der Waals surface area contributed by atoms with Crippen molar-refractivity contribution in [3.63, 3.8) is 0 Å². The van der Waals surface area contributed by atoms with Gasteiger partial charge in [0.2, 0.25) is 0 Å². The van der Waals surface area contributed by atoms with Crippen LogP contribution in [0.5, 0.6) is 0 Å². The number of esters is 1. The minimum Gasteiger partial charge on any atom is -0.436 e. The van der Waals surface area contributed by atoms with Gasteiger partial charge in [0.15, 0.2) is 6.23 Å². The van der Waals surface area contributed by atoms with Gasteiger partial charge in [0.1, 0.15) is 4.83 Å². The van der Waals surface area contributed by atoms with E-state index in [1.807, 2.05) is 0 Å². The largest absolute Gasteiger partial charge is 0.490 e. The highest BCUT2D eigenvalue weighted by Gasteiger charge is 2.42. The maximum absolute atomic E-state index is 12.0. The van der Waals surface area contributed by atoms with Gasteiger partial charge in [-0.1, -0.05) is 11.6 Å². The Kier molecular flexibility index (Phi) is 3.66. The van der Waals surface area contributed by atoms with E-state index in [9.17, 15) is 18.0 Å². The van der Waals surface area contributed by atoms with E-state index in [-0.39, 0.29) is 5.56 Å². The molecule has 2 rings (SSSR count). The molecule has 0 saturated carbocycles. The molecule has 2 aromatic rings. The summed E-state index contributed by atoms with van der Waals surface area (Å²) in [6, 6.07) is 1.44. The summed E-state index contributed by atoms with van der Waals surface area (Å²) in [7, 11) is 0. The molecule has 2 aromatic heterocycles. The lowest BCUT2D eigenvalue weighted by Crippen LogP contribution is -2.30. The number of rotatable bonds is 2. The first-order chi connectivity index (χ1) is 8.79. The molecule has 2 heterocycles. The van der Waals surface area contributed by atoms with Crippen LogP contribution in [-0.4, -0.2) is 17.1 Å². The number of nitrogens with two attached hydrogens (primary N) is 1. The van der Waals surface area contributed by atoms with Crippen LogP contribution in [0.25, 0.3) is 10.2 Å². The van der Waals surface area contributed by atoms with E-state index < -0.39 is 18.4 Å². The molecule has 0 aromatic carbocycles. The number of carbonyl (C=O) groups is 1. The number of fused-ring (bicyclic) bond motifs is 1. The van der Waals surface area contributed by atoms with E-state index >= 15 is 0 Å². The fourth-order valence-corrected chi connectivity index (χ4v) is 2.40. The summed E-state index contributed by atoms with van der Waals surface area (Å²) in [5.74, 6) is -2.35. The van der Waals surface area contributed by atoms with Crippen molar-refractivity contribution >= 4 is 39.1 Å². The van der Waals surface area contributed by atoms with Crippen molar-refractivity contribution in [1.82, 2.24) is 4.98 Å². The molecule has 0 aliphatic heterocycles. The molecular weight excluding hydrogens is 305 g/mol. The fraction of sp³-hybridized carbons (Fsp3) is 0.200. The molecule has 4 nitrogen and oxygen atoms in total. The normalized spacial score (nSPS) is 13.5. The van der Waals surface area contributed by atoms with Crippen LogP contribution in [0.15, 0.2) is 17.6 Å². The van der Waals surface area contributed by atoms with Crippen molar-refractivity contribution in [3.8, 4) is 0 Å². The Bertz CT molecular complexity index is 629. The van der Waals surface area contributed by atoms with Crippen LogP contribution >= 0.6 is 22.9 Å². The van der Waals surface area contributed by atoms with Crippen molar-refractivity contribution in [2.75, 3.05) is 0 Å². The molecule has 0 radical (unpaired) electrons. The van der Waals surface area contributed by atoms with Gasteiger partial charge in [-0.25, -0.2) is 9.78 Å². The van der Waals surface area contributed by atoms with Crippen LogP contribution in [0.3, 0.4) is 0 Å². The van der Waals surface area contributed by atoms with Gasteiger partial charge in [-0.3, -0.25) is 5.73 Å². The van der Waals surface area contributed by atoms with Crippen molar-refractivity contribution < 1.29 is 22.7 Å². The molecule has 0 fully saturated rings. The number of thiophene rings is 1. The zero-order valence-electron chi connectivity index (χ0n) is 9.07. The number of hydrogen-bond donors (Lipinski definition) is 1. The molecule has 19 heavy (non-hydrogen) atoms. The molecule has 0 amide bonds. The first-order valence-electron chi connectivity index (χ1n) is 4.85. The summed E-state index contributed by atoms with van der Waals surface area (Å²) in [6.45, 7) is 0. The summed E-state index contributed by atoms with van der Waals surface area (Å²) in [4.78, 5) is 15.2. The van der Waals surface area contributed by atoms with E-state index in [4.69, 9.17) is 17.3 Å². The van der Waals surface area contributed by atoms with E-state index in [1.54, 1.807) is 5.38 Å². The maximum Gasteiger partial charge on any atom is 0.490 e. The maximum atomic E-state index is 12.0. The molecule has 0 spiro atoms. The summed E-state index contributed by atoms with van der Waals surface area (Å²) in [5.41, 5.74) is 5.51. The average Bonchev–Trinajstić information content (AvgIpc) is 2.69. The highest BCUT2D eigenvalue weighted by Crippen LogP contribution is 2.30. The third kappa shape index (κ3) is 2.96. The van der Waals surface area contributed by atoms with Gasteiger partial charge in [0.25, 0.3) is 0 Å². The SMILES string of the molecule is NC(OC(=O)C(F)(F)F)c1cnc2scc(Cl)c2c1.